The van der Waals surface area contributed by atoms with E-state index in [1.165, 1.54) is 12.8 Å². The van der Waals surface area contributed by atoms with E-state index in [1.54, 1.807) is 4.31 Å². The summed E-state index contributed by atoms with van der Waals surface area (Å²) < 4.78 is 25.1. The molecule has 1 atom stereocenters. The monoisotopic (exact) mass is 254 g/mol. The van der Waals surface area contributed by atoms with Crippen LogP contribution in [0.5, 0.6) is 0 Å². The maximum Gasteiger partial charge on any atom is 0.214 e. The highest BCUT2D eigenvalue weighted by Crippen LogP contribution is 2.33. The molecule has 2 fully saturated rings. The lowest BCUT2D eigenvalue weighted by atomic mass is 10.3. The Morgan fingerprint density at radius 1 is 1.27 bits per heavy atom. The van der Waals surface area contributed by atoms with E-state index in [2.05, 4.69) is 0 Å². The molecule has 0 aromatic heterocycles. The maximum absolute atomic E-state index is 11.8. The van der Waals surface area contributed by atoms with Gasteiger partial charge in [0, 0.05) is 19.1 Å². The molecule has 90 valence electrons. The van der Waals surface area contributed by atoms with Crippen LogP contribution in [0.1, 0.15) is 25.7 Å². The third kappa shape index (κ3) is 3.59. The van der Waals surface area contributed by atoms with Gasteiger partial charge in [-0.2, -0.15) is 0 Å². The van der Waals surface area contributed by atoms with Crippen molar-refractivity contribution < 1.29 is 8.42 Å². The van der Waals surface area contributed by atoms with Crippen LogP contribution in [0.4, 0.5) is 0 Å². The van der Waals surface area contributed by atoms with Crippen LogP contribution in [0.3, 0.4) is 0 Å². The smallest absolute Gasteiger partial charge is 0.214 e. The summed E-state index contributed by atoms with van der Waals surface area (Å²) in [6.45, 7) is 1.14. The third-order valence-electron chi connectivity index (χ3n) is 3.06. The van der Waals surface area contributed by atoms with Gasteiger partial charge in [-0.1, -0.05) is 12.8 Å². The van der Waals surface area contributed by atoms with Crippen molar-refractivity contribution in [3.8, 4) is 0 Å². The first-order valence-electron chi connectivity index (χ1n) is 5.31. The SMILES string of the molecule is Cl.NC1CCN(S(=O)(=O)CCC2CC2)C1. The minimum Gasteiger partial charge on any atom is -0.326 e. The molecular formula is C9H19ClN2O2S. The molecule has 4 nitrogen and oxygen atoms in total. The van der Waals surface area contributed by atoms with Crippen LogP contribution in [-0.2, 0) is 10.0 Å². The van der Waals surface area contributed by atoms with Gasteiger partial charge in [0.15, 0.2) is 0 Å². The van der Waals surface area contributed by atoms with Gasteiger partial charge in [0.25, 0.3) is 0 Å². The van der Waals surface area contributed by atoms with Gasteiger partial charge in [-0.15, -0.1) is 12.4 Å². The normalized spacial score (nSPS) is 27.7. The molecule has 1 saturated heterocycles. The zero-order chi connectivity index (χ0) is 10.2. The van der Waals surface area contributed by atoms with E-state index >= 15 is 0 Å². The molecule has 0 spiro atoms. The van der Waals surface area contributed by atoms with Crippen molar-refractivity contribution in [3.05, 3.63) is 0 Å². The summed E-state index contributed by atoms with van der Waals surface area (Å²) in [6.07, 6.45) is 4.08. The standard InChI is InChI=1S/C9H18N2O2S.ClH/c10-9-3-5-11(7-9)14(12,13)6-4-8-1-2-8;/h8-9H,1-7,10H2;1H. The van der Waals surface area contributed by atoms with Crippen molar-refractivity contribution >= 4 is 22.4 Å². The molecule has 2 rings (SSSR count). The summed E-state index contributed by atoms with van der Waals surface area (Å²) in [5.74, 6) is 1.01. The fraction of sp³-hybridized carbons (Fsp3) is 1.00. The zero-order valence-electron chi connectivity index (χ0n) is 8.76. The van der Waals surface area contributed by atoms with Gasteiger partial charge in [-0.25, -0.2) is 12.7 Å². The van der Waals surface area contributed by atoms with Gasteiger partial charge < -0.3 is 5.73 Å². The number of nitrogens with zero attached hydrogens (tertiary/aromatic N) is 1. The lowest BCUT2D eigenvalue weighted by molar-refractivity contribution is 0.469. The van der Waals surface area contributed by atoms with Gasteiger partial charge in [-0.05, 0) is 18.8 Å². The van der Waals surface area contributed by atoms with Gasteiger partial charge in [0.1, 0.15) is 0 Å². The minimum atomic E-state index is -2.99. The Hall–Kier alpha value is 0.160. The molecule has 1 aliphatic heterocycles. The first-order valence-corrected chi connectivity index (χ1v) is 6.92. The minimum absolute atomic E-state index is 0. The highest BCUT2D eigenvalue weighted by atomic mass is 35.5. The Labute approximate surface area is 97.7 Å². The summed E-state index contributed by atoms with van der Waals surface area (Å²) in [4.78, 5) is 0. The maximum atomic E-state index is 11.8. The van der Waals surface area contributed by atoms with E-state index in [9.17, 15) is 8.42 Å². The molecule has 0 amide bonds. The average Bonchev–Trinajstić information content (AvgIpc) is 2.85. The van der Waals surface area contributed by atoms with Gasteiger partial charge in [0.05, 0.1) is 5.75 Å². The van der Waals surface area contributed by atoms with Crippen LogP contribution in [0, 0.1) is 5.92 Å². The van der Waals surface area contributed by atoms with Crippen molar-refractivity contribution in [1.29, 1.82) is 0 Å². The fourth-order valence-electron chi connectivity index (χ4n) is 1.86. The number of nitrogens with two attached hydrogens (primary N) is 1. The van der Waals surface area contributed by atoms with E-state index in [0.717, 1.165) is 12.8 Å². The second-order valence-corrected chi connectivity index (χ2v) is 6.54. The van der Waals surface area contributed by atoms with Gasteiger partial charge in [-0.3, -0.25) is 0 Å². The molecule has 1 unspecified atom stereocenters. The molecule has 0 bridgehead atoms. The largest absolute Gasteiger partial charge is 0.326 e. The molecule has 15 heavy (non-hydrogen) atoms. The number of hydrogen-bond donors (Lipinski definition) is 1. The topological polar surface area (TPSA) is 63.4 Å². The summed E-state index contributed by atoms with van der Waals surface area (Å²) >= 11 is 0. The predicted octanol–water partition coefficient (Wildman–Crippen LogP) is 0.571. The number of sulfonamides is 1. The highest BCUT2D eigenvalue weighted by Gasteiger charge is 2.31. The van der Waals surface area contributed by atoms with Gasteiger partial charge >= 0.3 is 0 Å². The summed E-state index contributed by atoms with van der Waals surface area (Å²) in [6, 6.07) is 0.0469. The van der Waals surface area contributed by atoms with E-state index in [1.807, 2.05) is 0 Å². The molecule has 0 radical (unpaired) electrons. The zero-order valence-corrected chi connectivity index (χ0v) is 10.4. The first-order chi connectivity index (χ1) is 6.58. The Morgan fingerprint density at radius 3 is 2.40 bits per heavy atom. The molecule has 0 aromatic carbocycles. The van der Waals surface area contributed by atoms with Crippen molar-refractivity contribution in [2.24, 2.45) is 11.7 Å². The number of hydrogen-bond acceptors (Lipinski definition) is 3. The second kappa shape index (κ2) is 4.99. The van der Waals surface area contributed by atoms with Crippen LogP contribution in [-0.4, -0.2) is 37.6 Å². The van der Waals surface area contributed by atoms with Crippen LogP contribution >= 0.6 is 12.4 Å². The lowest BCUT2D eigenvalue weighted by Crippen LogP contribution is -2.33. The molecular weight excluding hydrogens is 236 g/mol. The van der Waals surface area contributed by atoms with Crippen molar-refractivity contribution in [2.45, 2.75) is 31.7 Å². The van der Waals surface area contributed by atoms with E-state index in [4.69, 9.17) is 5.73 Å². The van der Waals surface area contributed by atoms with Gasteiger partial charge in [0.2, 0.25) is 10.0 Å². The molecule has 1 saturated carbocycles. The van der Waals surface area contributed by atoms with Crippen molar-refractivity contribution in [2.75, 3.05) is 18.8 Å². The van der Waals surface area contributed by atoms with Crippen LogP contribution in [0.15, 0.2) is 0 Å². The predicted molar refractivity (Wildman–Crippen MR) is 62.5 cm³/mol. The molecule has 6 heteroatoms. The van der Waals surface area contributed by atoms with E-state index in [0.29, 0.717) is 24.8 Å². The first kappa shape index (κ1) is 13.2. The highest BCUT2D eigenvalue weighted by molar-refractivity contribution is 7.89. The summed E-state index contributed by atoms with van der Waals surface area (Å²) in [5, 5.41) is 0. The lowest BCUT2D eigenvalue weighted by Gasteiger charge is -2.15. The summed E-state index contributed by atoms with van der Waals surface area (Å²) in [5.41, 5.74) is 5.68. The van der Waals surface area contributed by atoms with Crippen LogP contribution < -0.4 is 5.73 Å². The summed E-state index contributed by atoms with van der Waals surface area (Å²) in [7, 11) is -2.99. The Kier molecular flexibility index (Phi) is 4.40. The number of rotatable bonds is 4. The van der Waals surface area contributed by atoms with E-state index in [-0.39, 0.29) is 18.4 Å². The Bertz CT molecular complexity index is 303. The van der Waals surface area contributed by atoms with Crippen molar-refractivity contribution in [1.82, 2.24) is 4.31 Å². The number of halogens is 1. The quantitative estimate of drug-likeness (QED) is 0.798. The molecule has 2 aliphatic rings. The average molecular weight is 255 g/mol. The molecule has 2 N–H and O–H groups in total. The Balaban J connectivity index is 0.00000112. The van der Waals surface area contributed by atoms with E-state index < -0.39 is 10.0 Å². The van der Waals surface area contributed by atoms with Crippen LogP contribution in [0.25, 0.3) is 0 Å². The fourth-order valence-corrected chi connectivity index (χ4v) is 3.55. The van der Waals surface area contributed by atoms with Crippen molar-refractivity contribution in [3.63, 3.8) is 0 Å². The second-order valence-electron chi connectivity index (χ2n) is 4.45. The molecule has 0 aromatic rings. The third-order valence-corrected chi connectivity index (χ3v) is 4.93. The molecule has 1 aliphatic carbocycles. The Morgan fingerprint density at radius 2 is 1.93 bits per heavy atom. The molecule has 1 heterocycles. The van der Waals surface area contributed by atoms with Crippen LogP contribution in [0.2, 0.25) is 0 Å².